The average Bonchev–Trinajstić information content (AvgIpc) is 2.61. The van der Waals surface area contributed by atoms with Crippen LogP contribution in [0.25, 0.3) is 0 Å². The summed E-state index contributed by atoms with van der Waals surface area (Å²) in [7, 11) is 0. The van der Waals surface area contributed by atoms with Crippen molar-refractivity contribution in [3.8, 4) is 0 Å². The molecular formula is C8H13F2N3O2. The van der Waals surface area contributed by atoms with Gasteiger partial charge in [0.2, 0.25) is 11.8 Å². The molecule has 0 aliphatic carbocycles. The third kappa shape index (κ3) is 3.43. The molecule has 1 heterocycles. The first-order valence-electron chi connectivity index (χ1n) is 4.57. The number of nitrogens with one attached hydrogen (secondary N) is 2. The van der Waals surface area contributed by atoms with E-state index in [1.54, 1.807) is 0 Å². The fourth-order valence-corrected chi connectivity index (χ4v) is 1.22. The summed E-state index contributed by atoms with van der Waals surface area (Å²) < 4.78 is 25.3. The van der Waals surface area contributed by atoms with Gasteiger partial charge in [-0.1, -0.05) is 0 Å². The lowest BCUT2D eigenvalue weighted by molar-refractivity contribution is -0.127. The molecule has 86 valence electrons. The van der Waals surface area contributed by atoms with E-state index in [0.29, 0.717) is 0 Å². The molecule has 1 aliphatic rings. The van der Waals surface area contributed by atoms with E-state index in [-0.39, 0.29) is 18.9 Å². The number of alkyl halides is 2. The molecule has 0 spiro atoms. The van der Waals surface area contributed by atoms with Gasteiger partial charge in [-0.3, -0.25) is 9.59 Å². The maximum Gasteiger partial charge on any atom is 0.277 e. The predicted octanol–water partition coefficient (Wildman–Crippen LogP) is -1.17. The molecule has 0 bridgehead atoms. The van der Waals surface area contributed by atoms with Crippen molar-refractivity contribution in [2.75, 3.05) is 19.6 Å². The summed E-state index contributed by atoms with van der Waals surface area (Å²) in [6.07, 6.45) is 0.0556. The quantitative estimate of drug-likeness (QED) is 0.559. The molecule has 7 heteroatoms. The van der Waals surface area contributed by atoms with E-state index < -0.39 is 30.8 Å². The Hall–Kier alpha value is -1.24. The van der Waals surface area contributed by atoms with Crippen molar-refractivity contribution in [3.05, 3.63) is 0 Å². The number of nitrogens with two attached hydrogens (primary N) is 1. The van der Waals surface area contributed by atoms with Gasteiger partial charge >= 0.3 is 0 Å². The highest BCUT2D eigenvalue weighted by atomic mass is 19.3. The van der Waals surface area contributed by atoms with Crippen LogP contribution in [0.4, 0.5) is 8.78 Å². The minimum atomic E-state index is -3.09. The lowest BCUT2D eigenvalue weighted by Crippen LogP contribution is -2.43. The lowest BCUT2D eigenvalue weighted by atomic mass is 10.1. The van der Waals surface area contributed by atoms with Crippen molar-refractivity contribution in [3.63, 3.8) is 0 Å². The van der Waals surface area contributed by atoms with E-state index in [1.165, 1.54) is 0 Å². The number of hydrogen-bond acceptors (Lipinski definition) is 3. The first kappa shape index (κ1) is 11.8. The zero-order chi connectivity index (χ0) is 11.5. The molecule has 1 saturated heterocycles. The van der Waals surface area contributed by atoms with E-state index in [9.17, 15) is 18.4 Å². The molecule has 1 fully saturated rings. The molecule has 0 aromatic heterocycles. The van der Waals surface area contributed by atoms with Gasteiger partial charge in [-0.25, -0.2) is 8.78 Å². The average molecular weight is 221 g/mol. The van der Waals surface area contributed by atoms with Gasteiger partial charge in [0.25, 0.3) is 5.92 Å². The zero-order valence-electron chi connectivity index (χ0n) is 8.06. The van der Waals surface area contributed by atoms with Crippen LogP contribution >= 0.6 is 0 Å². The Labute approximate surface area is 85.4 Å². The van der Waals surface area contributed by atoms with E-state index >= 15 is 0 Å². The zero-order valence-corrected chi connectivity index (χ0v) is 8.06. The van der Waals surface area contributed by atoms with E-state index in [0.717, 1.165) is 0 Å². The smallest absolute Gasteiger partial charge is 0.277 e. The fourth-order valence-electron chi connectivity index (χ4n) is 1.22. The highest BCUT2D eigenvalue weighted by Gasteiger charge is 2.31. The van der Waals surface area contributed by atoms with Gasteiger partial charge in [0.05, 0.1) is 19.0 Å². The molecule has 1 atom stereocenters. The molecule has 0 aromatic carbocycles. The van der Waals surface area contributed by atoms with Crippen LogP contribution in [-0.4, -0.2) is 37.4 Å². The number of amides is 2. The first-order valence-corrected chi connectivity index (χ1v) is 4.57. The molecule has 0 saturated carbocycles. The van der Waals surface area contributed by atoms with Gasteiger partial charge in [0, 0.05) is 13.0 Å². The maximum absolute atomic E-state index is 12.7. The lowest BCUT2D eigenvalue weighted by Gasteiger charge is -2.15. The van der Waals surface area contributed by atoms with Crippen LogP contribution in [0.15, 0.2) is 0 Å². The minimum absolute atomic E-state index is 0.0556. The highest BCUT2D eigenvalue weighted by Crippen LogP contribution is 2.11. The normalized spacial score (nSPS) is 21.3. The Bertz CT molecular complexity index is 271. The molecule has 1 rings (SSSR count). The van der Waals surface area contributed by atoms with Gasteiger partial charge in [-0.15, -0.1) is 0 Å². The van der Waals surface area contributed by atoms with Crippen molar-refractivity contribution < 1.29 is 18.4 Å². The van der Waals surface area contributed by atoms with Crippen LogP contribution in [-0.2, 0) is 9.59 Å². The summed E-state index contributed by atoms with van der Waals surface area (Å²) >= 11 is 0. The number of carbonyl (C=O) groups excluding carboxylic acids is 2. The van der Waals surface area contributed by atoms with Crippen LogP contribution in [0, 0.1) is 5.92 Å². The van der Waals surface area contributed by atoms with Gasteiger partial charge in [0.15, 0.2) is 0 Å². The fraction of sp³-hybridized carbons (Fsp3) is 0.750. The largest absolute Gasteiger partial charge is 0.355 e. The molecule has 4 N–H and O–H groups in total. The second-order valence-electron chi connectivity index (χ2n) is 3.48. The monoisotopic (exact) mass is 221 g/mol. The van der Waals surface area contributed by atoms with E-state index in [4.69, 9.17) is 5.73 Å². The van der Waals surface area contributed by atoms with Crippen molar-refractivity contribution in [1.82, 2.24) is 10.6 Å². The molecule has 1 aliphatic heterocycles. The summed E-state index contributed by atoms with van der Waals surface area (Å²) in [4.78, 5) is 22.0. The van der Waals surface area contributed by atoms with E-state index in [1.807, 2.05) is 0 Å². The van der Waals surface area contributed by atoms with Crippen molar-refractivity contribution in [2.45, 2.75) is 12.3 Å². The molecule has 5 nitrogen and oxygen atoms in total. The molecule has 2 amide bonds. The van der Waals surface area contributed by atoms with Gasteiger partial charge in [-0.05, 0) is 0 Å². The number of halogens is 2. The summed E-state index contributed by atoms with van der Waals surface area (Å²) in [6, 6.07) is 0. The molecule has 0 radical (unpaired) electrons. The maximum atomic E-state index is 12.7. The van der Waals surface area contributed by atoms with Crippen molar-refractivity contribution in [2.24, 2.45) is 11.7 Å². The Morgan fingerprint density at radius 3 is 2.80 bits per heavy atom. The summed E-state index contributed by atoms with van der Waals surface area (Å²) in [5, 5.41) is 4.52. The Morgan fingerprint density at radius 1 is 1.67 bits per heavy atom. The van der Waals surface area contributed by atoms with Crippen LogP contribution in [0.5, 0.6) is 0 Å². The molecule has 15 heavy (non-hydrogen) atoms. The standard InChI is InChI=1S/C8H13F2N3O2/c9-8(10,3-11)4-13-7(15)5-1-6(14)12-2-5/h5H,1-4,11H2,(H,12,14)(H,13,15). The van der Waals surface area contributed by atoms with Gasteiger partial charge in [0.1, 0.15) is 0 Å². The molecule has 1 unspecified atom stereocenters. The van der Waals surface area contributed by atoms with Crippen LogP contribution in [0.3, 0.4) is 0 Å². The Morgan fingerprint density at radius 2 is 2.33 bits per heavy atom. The highest BCUT2D eigenvalue weighted by molar-refractivity contribution is 5.89. The summed E-state index contributed by atoms with van der Waals surface area (Å²) in [5.41, 5.74) is 4.80. The molecule has 0 aromatic rings. The predicted molar refractivity (Wildman–Crippen MR) is 48.1 cm³/mol. The summed E-state index contributed by atoms with van der Waals surface area (Å²) in [5.74, 6) is -4.42. The van der Waals surface area contributed by atoms with Crippen LogP contribution < -0.4 is 16.4 Å². The first-order chi connectivity index (χ1) is 6.94. The van der Waals surface area contributed by atoms with Gasteiger partial charge < -0.3 is 16.4 Å². The van der Waals surface area contributed by atoms with E-state index in [2.05, 4.69) is 10.6 Å². The third-order valence-electron chi connectivity index (χ3n) is 2.17. The number of carbonyl (C=O) groups is 2. The second-order valence-corrected chi connectivity index (χ2v) is 3.48. The summed E-state index contributed by atoms with van der Waals surface area (Å²) in [6.45, 7) is -1.39. The van der Waals surface area contributed by atoms with Crippen LogP contribution in [0.2, 0.25) is 0 Å². The Balaban J connectivity index is 2.33. The van der Waals surface area contributed by atoms with Crippen molar-refractivity contribution in [1.29, 1.82) is 0 Å². The van der Waals surface area contributed by atoms with Crippen molar-refractivity contribution >= 4 is 11.8 Å². The molecular weight excluding hydrogens is 208 g/mol. The topological polar surface area (TPSA) is 84.2 Å². The third-order valence-corrected chi connectivity index (χ3v) is 2.17. The second kappa shape index (κ2) is 4.52. The number of rotatable bonds is 4. The minimum Gasteiger partial charge on any atom is -0.355 e. The van der Waals surface area contributed by atoms with Crippen LogP contribution in [0.1, 0.15) is 6.42 Å². The Kier molecular flexibility index (Phi) is 3.57. The number of hydrogen-bond donors (Lipinski definition) is 3. The van der Waals surface area contributed by atoms with Gasteiger partial charge in [-0.2, -0.15) is 0 Å². The SMILES string of the molecule is NCC(F)(F)CNC(=O)C1CNC(=O)C1.